The molecule has 0 bridgehead atoms. The maximum absolute atomic E-state index is 10.7. The Balaban J connectivity index is 2.35. The second-order valence-electron chi connectivity index (χ2n) is 3.13. The lowest BCUT2D eigenvalue weighted by Crippen LogP contribution is -2.34. The Kier molecular flexibility index (Phi) is 3.76. The zero-order valence-electron chi connectivity index (χ0n) is 7.77. The van der Waals surface area contributed by atoms with E-state index in [1.54, 1.807) is 6.20 Å². The number of methoxy groups -OCH3 is 1. The third-order valence-corrected chi connectivity index (χ3v) is 2.05. The van der Waals surface area contributed by atoms with Crippen molar-refractivity contribution in [2.75, 3.05) is 20.2 Å². The van der Waals surface area contributed by atoms with Crippen molar-refractivity contribution < 1.29 is 14.6 Å². The number of nitrogens with zero attached hydrogens (tertiary/aromatic N) is 1. The topological polar surface area (TPSA) is 49.8 Å². The summed E-state index contributed by atoms with van der Waals surface area (Å²) in [7, 11) is 1.34. The molecule has 1 aliphatic heterocycles. The number of piperidine rings is 1. The van der Waals surface area contributed by atoms with Gasteiger partial charge < -0.3 is 14.7 Å². The summed E-state index contributed by atoms with van der Waals surface area (Å²) in [5.41, 5.74) is 0. The van der Waals surface area contributed by atoms with E-state index < -0.39 is 0 Å². The molecule has 1 heterocycles. The minimum absolute atomic E-state index is 0.268. The molecule has 1 N–H and O–H groups in total. The molecular weight excluding hydrogens is 170 g/mol. The highest BCUT2D eigenvalue weighted by Crippen LogP contribution is 2.09. The van der Waals surface area contributed by atoms with Crippen LogP contribution in [0.3, 0.4) is 0 Å². The number of hydrogen-bond donors (Lipinski definition) is 1. The number of hydrogen-bond acceptors (Lipinski definition) is 4. The summed E-state index contributed by atoms with van der Waals surface area (Å²) in [5, 5.41) is 9.31. The van der Waals surface area contributed by atoms with Crippen LogP contribution in [0.15, 0.2) is 12.3 Å². The van der Waals surface area contributed by atoms with Crippen molar-refractivity contribution in [2.24, 2.45) is 0 Å². The van der Waals surface area contributed by atoms with Crippen LogP contribution in [0.5, 0.6) is 0 Å². The van der Waals surface area contributed by atoms with Crippen molar-refractivity contribution in [3.63, 3.8) is 0 Å². The Morgan fingerprint density at radius 2 is 2.46 bits per heavy atom. The van der Waals surface area contributed by atoms with Gasteiger partial charge in [-0.2, -0.15) is 0 Å². The molecule has 1 saturated heterocycles. The average molecular weight is 185 g/mol. The van der Waals surface area contributed by atoms with Gasteiger partial charge in [0.15, 0.2) is 0 Å². The van der Waals surface area contributed by atoms with E-state index in [4.69, 9.17) is 0 Å². The fourth-order valence-electron chi connectivity index (χ4n) is 1.35. The molecule has 0 aromatic carbocycles. The summed E-state index contributed by atoms with van der Waals surface area (Å²) >= 11 is 0. The average Bonchev–Trinajstić information content (AvgIpc) is 2.14. The molecular formula is C9H15NO3. The molecule has 1 aliphatic rings. The van der Waals surface area contributed by atoms with Gasteiger partial charge in [0.25, 0.3) is 0 Å². The number of esters is 1. The number of carbonyl (C=O) groups is 1. The first-order chi connectivity index (χ1) is 6.22. The largest absolute Gasteiger partial charge is 0.466 e. The molecule has 0 aliphatic carbocycles. The first-order valence-electron chi connectivity index (χ1n) is 4.40. The van der Waals surface area contributed by atoms with E-state index in [0.717, 1.165) is 19.4 Å². The van der Waals surface area contributed by atoms with Crippen LogP contribution in [0, 0.1) is 0 Å². The first kappa shape index (κ1) is 10.1. The predicted octanol–water partition coefficient (Wildman–Crippen LogP) is 0.130. The summed E-state index contributed by atoms with van der Waals surface area (Å²) in [6.45, 7) is 1.50. The zero-order chi connectivity index (χ0) is 9.68. The van der Waals surface area contributed by atoms with Gasteiger partial charge in [0.2, 0.25) is 0 Å². The summed E-state index contributed by atoms with van der Waals surface area (Å²) < 4.78 is 4.45. The van der Waals surface area contributed by atoms with E-state index in [-0.39, 0.29) is 12.1 Å². The maximum Gasteiger partial charge on any atom is 0.331 e. The van der Waals surface area contributed by atoms with Crippen LogP contribution in [0.1, 0.15) is 12.8 Å². The van der Waals surface area contributed by atoms with Crippen LogP contribution >= 0.6 is 0 Å². The van der Waals surface area contributed by atoms with E-state index >= 15 is 0 Å². The van der Waals surface area contributed by atoms with Crippen molar-refractivity contribution in [3.05, 3.63) is 12.3 Å². The van der Waals surface area contributed by atoms with Gasteiger partial charge in [-0.1, -0.05) is 0 Å². The third-order valence-electron chi connectivity index (χ3n) is 2.05. The zero-order valence-corrected chi connectivity index (χ0v) is 7.77. The standard InChI is InChI=1S/C9H15NO3/c1-13-9(12)4-6-10-5-2-3-8(11)7-10/h4,6,8,11H,2-3,5,7H2,1H3/b6-4+. The number of rotatable bonds is 2. The van der Waals surface area contributed by atoms with Crippen LogP contribution in [-0.2, 0) is 9.53 Å². The van der Waals surface area contributed by atoms with Gasteiger partial charge in [-0.05, 0) is 12.8 Å². The second-order valence-corrected chi connectivity index (χ2v) is 3.13. The molecule has 13 heavy (non-hydrogen) atoms. The maximum atomic E-state index is 10.7. The van der Waals surface area contributed by atoms with Crippen LogP contribution in [0.25, 0.3) is 0 Å². The molecule has 0 amide bonds. The van der Waals surface area contributed by atoms with E-state index in [0.29, 0.717) is 6.54 Å². The van der Waals surface area contributed by atoms with Crippen molar-refractivity contribution in [3.8, 4) is 0 Å². The van der Waals surface area contributed by atoms with Gasteiger partial charge in [-0.3, -0.25) is 0 Å². The van der Waals surface area contributed by atoms with E-state index in [1.165, 1.54) is 13.2 Å². The molecule has 0 saturated carbocycles. The van der Waals surface area contributed by atoms with Crippen LogP contribution < -0.4 is 0 Å². The predicted molar refractivity (Wildman–Crippen MR) is 48.0 cm³/mol. The summed E-state index contributed by atoms with van der Waals surface area (Å²) in [6.07, 6.45) is 4.60. The first-order valence-corrected chi connectivity index (χ1v) is 4.40. The molecule has 1 rings (SSSR count). The monoisotopic (exact) mass is 185 g/mol. The molecule has 74 valence electrons. The van der Waals surface area contributed by atoms with Crippen molar-refractivity contribution in [1.29, 1.82) is 0 Å². The molecule has 0 aromatic rings. The van der Waals surface area contributed by atoms with E-state index in [2.05, 4.69) is 4.74 Å². The summed E-state index contributed by atoms with van der Waals surface area (Å²) in [4.78, 5) is 12.7. The lowest BCUT2D eigenvalue weighted by atomic mass is 10.1. The lowest BCUT2D eigenvalue weighted by molar-refractivity contribution is -0.134. The highest BCUT2D eigenvalue weighted by molar-refractivity contribution is 5.81. The molecule has 1 fully saturated rings. The Bertz CT molecular complexity index is 203. The number of aliphatic hydroxyl groups excluding tert-OH is 1. The van der Waals surface area contributed by atoms with Crippen LogP contribution in [-0.4, -0.2) is 42.3 Å². The smallest absolute Gasteiger partial charge is 0.331 e. The quantitative estimate of drug-likeness (QED) is 0.490. The molecule has 1 unspecified atom stereocenters. The molecule has 0 aromatic heterocycles. The van der Waals surface area contributed by atoms with Crippen LogP contribution in [0.4, 0.5) is 0 Å². The Labute approximate surface area is 77.8 Å². The van der Waals surface area contributed by atoms with Gasteiger partial charge >= 0.3 is 5.97 Å². The molecule has 4 nitrogen and oxygen atoms in total. The van der Waals surface area contributed by atoms with Gasteiger partial charge in [0, 0.05) is 25.4 Å². The summed E-state index contributed by atoms with van der Waals surface area (Å²) in [6, 6.07) is 0. The van der Waals surface area contributed by atoms with Gasteiger partial charge in [-0.15, -0.1) is 0 Å². The molecule has 0 spiro atoms. The van der Waals surface area contributed by atoms with E-state index in [9.17, 15) is 9.90 Å². The number of carbonyl (C=O) groups excluding carboxylic acids is 1. The summed E-state index contributed by atoms with van der Waals surface area (Å²) in [5.74, 6) is -0.361. The van der Waals surface area contributed by atoms with Gasteiger partial charge in [0.1, 0.15) is 0 Å². The normalized spacial score (nSPS) is 23.5. The van der Waals surface area contributed by atoms with Gasteiger partial charge in [-0.25, -0.2) is 4.79 Å². The lowest BCUT2D eigenvalue weighted by Gasteiger charge is -2.28. The molecule has 0 radical (unpaired) electrons. The fourth-order valence-corrected chi connectivity index (χ4v) is 1.35. The van der Waals surface area contributed by atoms with Gasteiger partial charge in [0.05, 0.1) is 13.2 Å². The Hall–Kier alpha value is -1.03. The number of β-amino-alcohol motifs (C(OH)–C–C–N with tert-alkyl or cyclic N) is 1. The number of aliphatic hydroxyl groups is 1. The second kappa shape index (κ2) is 4.87. The minimum atomic E-state index is -0.361. The Morgan fingerprint density at radius 3 is 3.08 bits per heavy atom. The minimum Gasteiger partial charge on any atom is -0.466 e. The fraction of sp³-hybridized carbons (Fsp3) is 0.667. The Morgan fingerprint density at radius 1 is 1.69 bits per heavy atom. The van der Waals surface area contributed by atoms with Crippen LogP contribution in [0.2, 0.25) is 0 Å². The number of likely N-dealkylation sites (tertiary alicyclic amines) is 1. The van der Waals surface area contributed by atoms with Crippen molar-refractivity contribution in [1.82, 2.24) is 4.90 Å². The van der Waals surface area contributed by atoms with Crippen molar-refractivity contribution >= 4 is 5.97 Å². The molecule has 1 atom stereocenters. The molecule has 4 heteroatoms. The highest BCUT2D eigenvalue weighted by atomic mass is 16.5. The highest BCUT2D eigenvalue weighted by Gasteiger charge is 2.14. The number of ether oxygens (including phenoxy) is 1. The van der Waals surface area contributed by atoms with E-state index in [1.807, 2.05) is 4.90 Å². The van der Waals surface area contributed by atoms with Crippen molar-refractivity contribution in [2.45, 2.75) is 18.9 Å². The third kappa shape index (κ3) is 3.46. The SMILES string of the molecule is COC(=O)/C=C/N1CCCC(O)C1.